The average molecular weight is 569 g/mol. The van der Waals surface area contributed by atoms with Crippen LogP contribution in [0.25, 0.3) is 0 Å². The third-order valence-electron chi connectivity index (χ3n) is 6.83. The Morgan fingerprint density at radius 2 is 1.27 bits per heavy atom. The molecule has 0 aliphatic rings. The van der Waals surface area contributed by atoms with Crippen LogP contribution in [0.15, 0.2) is 24.3 Å². The first-order chi connectivity index (χ1) is 19.7. The van der Waals surface area contributed by atoms with E-state index >= 15 is 0 Å². The number of Topliss-reactive ketones (excluding diaryl/α,β-unsaturated/α-hetero) is 2. The maximum Gasteiger partial charge on any atom is 0.340 e. The molecule has 2 aromatic carbocycles. The number of aryl methyl sites for hydroxylation is 1. The van der Waals surface area contributed by atoms with Crippen LogP contribution in [-0.4, -0.2) is 33.7 Å². The molecule has 8 nitrogen and oxygen atoms in total. The van der Waals surface area contributed by atoms with Gasteiger partial charge < -0.3 is 19.7 Å². The summed E-state index contributed by atoms with van der Waals surface area (Å²) in [6, 6.07) is 7.31. The molecule has 0 fully saturated rings. The highest BCUT2D eigenvalue weighted by atomic mass is 16.5. The van der Waals surface area contributed by atoms with Crippen LogP contribution in [0.5, 0.6) is 17.2 Å². The van der Waals surface area contributed by atoms with Crippen LogP contribution in [0.2, 0.25) is 0 Å². The van der Waals surface area contributed by atoms with Gasteiger partial charge in [-0.15, -0.1) is 0 Å². The van der Waals surface area contributed by atoms with Gasteiger partial charge in [-0.25, -0.2) is 4.79 Å². The van der Waals surface area contributed by atoms with E-state index in [-0.39, 0.29) is 25.9 Å². The SMILES string of the molecule is CCCCCC(=O)Oc1c(O)c(O)c(C(=O)CCCCC)c(C(=O)OCc2cccc(C)c2)c1C(=O)CCCCC. The van der Waals surface area contributed by atoms with E-state index in [2.05, 4.69) is 0 Å². The number of aromatic hydroxyl groups is 2. The molecule has 0 heterocycles. The van der Waals surface area contributed by atoms with Gasteiger partial charge in [0, 0.05) is 19.3 Å². The van der Waals surface area contributed by atoms with Gasteiger partial charge in [-0.2, -0.15) is 0 Å². The standard InChI is InChI=1S/C33H44O8/c1-5-8-11-17-24(34)27-29(33(39)40-21-23-16-14-15-22(4)20-23)28(25(35)18-12-9-6-2)32(31(38)30(27)37)41-26(36)19-13-10-7-3/h14-16,20,37-38H,5-13,17-19,21H2,1-4H3. The van der Waals surface area contributed by atoms with Gasteiger partial charge in [-0.1, -0.05) is 89.1 Å². The van der Waals surface area contributed by atoms with Gasteiger partial charge >= 0.3 is 11.9 Å². The second-order valence-electron chi connectivity index (χ2n) is 10.4. The van der Waals surface area contributed by atoms with Crippen LogP contribution in [0, 0.1) is 6.92 Å². The molecular weight excluding hydrogens is 524 g/mol. The molecule has 41 heavy (non-hydrogen) atoms. The Hall–Kier alpha value is -3.68. The van der Waals surface area contributed by atoms with E-state index in [1.807, 2.05) is 45.9 Å². The van der Waals surface area contributed by atoms with Crippen LogP contribution in [0.3, 0.4) is 0 Å². The minimum Gasteiger partial charge on any atom is -0.504 e. The second kappa shape index (κ2) is 17.2. The summed E-state index contributed by atoms with van der Waals surface area (Å²) >= 11 is 0. The number of carbonyl (C=O) groups excluding carboxylic acids is 4. The van der Waals surface area contributed by atoms with Crippen molar-refractivity contribution in [2.75, 3.05) is 0 Å². The van der Waals surface area contributed by atoms with Crippen molar-refractivity contribution >= 4 is 23.5 Å². The average Bonchev–Trinajstić information content (AvgIpc) is 2.94. The molecule has 0 aromatic heterocycles. The highest BCUT2D eigenvalue weighted by Crippen LogP contribution is 2.46. The Bertz CT molecular complexity index is 1210. The highest BCUT2D eigenvalue weighted by Gasteiger charge is 2.36. The minimum absolute atomic E-state index is 0.0138. The van der Waals surface area contributed by atoms with E-state index < -0.39 is 57.4 Å². The number of benzene rings is 2. The van der Waals surface area contributed by atoms with Gasteiger partial charge in [0.15, 0.2) is 23.1 Å². The number of hydrogen-bond acceptors (Lipinski definition) is 8. The van der Waals surface area contributed by atoms with Crippen molar-refractivity contribution in [3.63, 3.8) is 0 Å². The first kappa shape index (κ1) is 33.5. The zero-order valence-corrected chi connectivity index (χ0v) is 24.8. The fourth-order valence-electron chi connectivity index (χ4n) is 4.57. The Labute approximate surface area is 243 Å². The Kier molecular flexibility index (Phi) is 14.1. The van der Waals surface area contributed by atoms with Gasteiger partial charge in [0.25, 0.3) is 0 Å². The second-order valence-corrected chi connectivity index (χ2v) is 10.4. The lowest BCUT2D eigenvalue weighted by Gasteiger charge is -2.20. The number of rotatable bonds is 18. The van der Waals surface area contributed by atoms with Crippen LogP contribution < -0.4 is 4.74 Å². The lowest BCUT2D eigenvalue weighted by Crippen LogP contribution is -2.21. The molecule has 224 valence electrons. The van der Waals surface area contributed by atoms with Gasteiger partial charge in [-0.3, -0.25) is 14.4 Å². The summed E-state index contributed by atoms with van der Waals surface area (Å²) < 4.78 is 11.0. The van der Waals surface area contributed by atoms with E-state index in [0.717, 1.165) is 44.1 Å². The molecule has 2 rings (SSSR count). The number of phenols is 2. The molecule has 0 aliphatic heterocycles. The molecule has 0 bridgehead atoms. The third-order valence-corrected chi connectivity index (χ3v) is 6.83. The maximum atomic E-state index is 13.7. The van der Waals surface area contributed by atoms with Crippen LogP contribution in [0.4, 0.5) is 0 Å². The van der Waals surface area contributed by atoms with Crippen molar-refractivity contribution in [3.05, 3.63) is 52.1 Å². The molecule has 0 aliphatic carbocycles. The zero-order chi connectivity index (χ0) is 30.4. The molecule has 0 atom stereocenters. The quantitative estimate of drug-likeness (QED) is 0.0613. The van der Waals surface area contributed by atoms with Crippen molar-refractivity contribution in [1.82, 2.24) is 0 Å². The smallest absolute Gasteiger partial charge is 0.340 e. The molecule has 0 saturated carbocycles. The van der Waals surface area contributed by atoms with Crippen molar-refractivity contribution in [2.24, 2.45) is 0 Å². The largest absolute Gasteiger partial charge is 0.504 e. The molecule has 0 radical (unpaired) electrons. The summed E-state index contributed by atoms with van der Waals surface area (Å²) in [5, 5.41) is 22.0. The third kappa shape index (κ3) is 9.73. The summed E-state index contributed by atoms with van der Waals surface area (Å²) in [7, 11) is 0. The maximum absolute atomic E-state index is 13.7. The van der Waals surface area contributed by atoms with Gasteiger partial charge in [-0.05, 0) is 31.7 Å². The monoisotopic (exact) mass is 568 g/mol. The number of carbonyl (C=O) groups is 4. The van der Waals surface area contributed by atoms with Crippen LogP contribution in [-0.2, 0) is 16.1 Å². The molecule has 2 aromatic rings. The lowest BCUT2D eigenvalue weighted by atomic mass is 9.89. The molecule has 0 unspecified atom stereocenters. The molecular formula is C33H44O8. The van der Waals surface area contributed by atoms with Crippen LogP contribution >= 0.6 is 0 Å². The number of ketones is 2. The predicted molar refractivity (Wildman–Crippen MR) is 157 cm³/mol. The van der Waals surface area contributed by atoms with Crippen molar-refractivity contribution in [2.45, 2.75) is 111 Å². The number of phenolic OH excluding ortho intramolecular Hbond substituents is 2. The molecule has 0 saturated heterocycles. The topological polar surface area (TPSA) is 127 Å². The highest BCUT2D eigenvalue weighted by molar-refractivity contribution is 6.17. The van der Waals surface area contributed by atoms with Gasteiger partial charge in [0.05, 0.1) is 16.7 Å². The van der Waals surface area contributed by atoms with E-state index in [1.165, 1.54) is 0 Å². The Balaban J connectivity index is 2.69. The fraction of sp³-hybridized carbons (Fsp3) is 0.515. The van der Waals surface area contributed by atoms with Gasteiger partial charge in [0.1, 0.15) is 6.61 Å². The fourth-order valence-corrected chi connectivity index (χ4v) is 4.57. The number of esters is 2. The van der Waals surface area contributed by atoms with Crippen molar-refractivity contribution < 1.29 is 38.9 Å². The minimum atomic E-state index is -1.03. The van der Waals surface area contributed by atoms with E-state index in [9.17, 15) is 29.4 Å². The lowest BCUT2D eigenvalue weighted by molar-refractivity contribution is -0.134. The molecule has 8 heteroatoms. The summed E-state index contributed by atoms with van der Waals surface area (Å²) in [5.74, 6) is -5.39. The van der Waals surface area contributed by atoms with Crippen LogP contribution in [0.1, 0.15) is 140 Å². The number of ether oxygens (including phenoxy) is 2. The Morgan fingerprint density at radius 3 is 1.83 bits per heavy atom. The van der Waals surface area contributed by atoms with Gasteiger partial charge in [0.2, 0.25) is 5.75 Å². The Morgan fingerprint density at radius 1 is 0.707 bits per heavy atom. The van der Waals surface area contributed by atoms with E-state index in [1.54, 1.807) is 6.07 Å². The first-order valence-electron chi connectivity index (χ1n) is 14.8. The van der Waals surface area contributed by atoms with Crippen molar-refractivity contribution in [1.29, 1.82) is 0 Å². The molecule has 2 N–H and O–H groups in total. The summed E-state index contributed by atoms with van der Waals surface area (Å²) in [4.78, 5) is 53.4. The predicted octanol–water partition coefficient (Wildman–Crippen LogP) is 7.77. The van der Waals surface area contributed by atoms with E-state index in [4.69, 9.17) is 9.47 Å². The normalized spacial score (nSPS) is 10.8. The zero-order valence-electron chi connectivity index (χ0n) is 24.8. The number of hydrogen-bond donors (Lipinski definition) is 2. The summed E-state index contributed by atoms with van der Waals surface area (Å²) in [6.07, 6.45) is 6.27. The first-order valence-corrected chi connectivity index (χ1v) is 14.8. The van der Waals surface area contributed by atoms with Crippen molar-refractivity contribution in [3.8, 4) is 17.2 Å². The summed E-state index contributed by atoms with van der Waals surface area (Å²) in [6.45, 7) is 7.67. The molecule has 0 spiro atoms. The number of unbranched alkanes of at least 4 members (excludes halogenated alkanes) is 6. The molecule has 0 amide bonds. The van der Waals surface area contributed by atoms with E-state index in [0.29, 0.717) is 24.8 Å². The summed E-state index contributed by atoms with van der Waals surface area (Å²) in [5.41, 5.74) is 0.269.